The van der Waals surface area contributed by atoms with Gasteiger partial charge in [-0.25, -0.2) is 9.78 Å². The minimum absolute atomic E-state index is 0.308. The van der Waals surface area contributed by atoms with Gasteiger partial charge in [-0.15, -0.1) is 0 Å². The van der Waals surface area contributed by atoms with Crippen molar-refractivity contribution in [1.82, 2.24) is 4.98 Å². The van der Waals surface area contributed by atoms with Gasteiger partial charge >= 0.3 is 5.97 Å². The molecule has 114 valence electrons. The Bertz CT molecular complexity index is 713. The van der Waals surface area contributed by atoms with Crippen LogP contribution in [-0.4, -0.2) is 24.6 Å². The van der Waals surface area contributed by atoms with E-state index in [1.165, 1.54) is 12.7 Å². The number of aromatic nitrogens is 1. The van der Waals surface area contributed by atoms with Crippen molar-refractivity contribution < 1.29 is 14.3 Å². The van der Waals surface area contributed by atoms with Crippen molar-refractivity contribution in [2.45, 2.75) is 20.0 Å². The maximum atomic E-state index is 11.8. The highest BCUT2D eigenvalue weighted by atomic mass is 16.5. The van der Waals surface area contributed by atoms with E-state index in [9.17, 15) is 4.79 Å². The Morgan fingerprint density at radius 2 is 2.18 bits per heavy atom. The summed E-state index contributed by atoms with van der Waals surface area (Å²) in [7, 11) is 1.36. The molecule has 0 radical (unpaired) electrons. The summed E-state index contributed by atoms with van der Waals surface area (Å²) in [4.78, 5) is 16.4. The van der Waals surface area contributed by atoms with Gasteiger partial charge in [-0.05, 0) is 37.1 Å². The molecule has 1 aliphatic rings. The third-order valence-electron chi connectivity index (χ3n) is 3.64. The molecule has 1 aromatic heterocycles. The molecule has 1 N–H and O–H groups in total. The summed E-state index contributed by atoms with van der Waals surface area (Å²) < 4.78 is 10.6. The lowest BCUT2D eigenvalue weighted by molar-refractivity contribution is 0.0595. The number of aryl methyl sites for hydroxylation is 1. The summed E-state index contributed by atoms with van der Waals surface area (Å²) in [5.74, 6) is 1.04. The molecule has 0 saturated carbocycles. The first kappa shape index (κ1) is 14.4. The number of carbonyl (C=O) groups excluding carboxylic acids is 1. The molecular formula is C17H18N2O3. The number of benzene rings is 1. The van der Waals surface area contributed by atoms with E-state index >= 15 is 0 Å². The number of fused-ring (bicyclic) bond motifs is 1. The molecule has 5 nitrogen and oxygen atoms in total. The molecule has 1 aromatic carbocycles. The topological polar surface area (TPSA) is 60.5 Å². The van der Waals surface area contributed by atoms with Crippen LogP contribution in [0, 0.1) is 6.92 Å². The first-order valence-electron chi connectivity index (χ1n) is 7.22. The zero-order chi connectivity index (χ0) is 15.5. The molecule has 0 saturated heterocycles. The molecule has 5 heteroatoms. The first-order chi connectivity index (χ1) is 10.7. The van der Waals surface area contributed by atoms with Crippen LogP contribution in [-0.2, 0) is 17.8 Å². The number of esters is 1. The predicted molar refractivity (Wildman–Crippen MR) is 83.3 cm³/mol. The summed E-state index contributed by atoms with van der Waals surface area (Å²) in [6.07, 6.45) is 1.01. The van der Waals surface area contributed by atoms with Crippen LogP contribution < -0.4 is 10.1 Å². The second-order valence-electron chi connectivity index (χ2n) is 5.27. The van der Waals surface area contributed by atoms with Crippen LogP contribution in [0.25, 0.3) is 0 Å². The van der Waals surface area contributed by atoms with E-state index in [4.69, 9.17) is 9.47 Å². The van der Waals surface area contributed by atoms with Gasteiger partial charge < -0.3 is 14.8 Å². The van der Waals surface area contributed by atoms with Crippen molar-refractivity contribution >= 4 is 11.8 Å². The van der Waals surface area contributed by atoms with Crippen molar-refractivity contribution in [2.75, 3.05) is 19.0 Å². The summed E-state index contributed by atoms with van der Waals surface area (Å²) >= 11 is 0. The minimum Gasteiger partial charge on any atom is -0.486 e. The van der Waals surface area contributed by atoms with E-state index in [2.05, 4.69) is 16.4 Å². The fraction of sp³-hybridized carbons (Fsp3) is 0.294. The maximum absolute atomic E-state index is 11.8. The third-order valence-corrected chi connectivity index (χ3v) is 3.64. The van der Waals surface area contributed by atoms with Crippen LogP contribution in [0.3, 0.4) is 0 Å². The summed E-state index contributed by atoms with van der Waals surface area (Å²) in [6.45, 7) is 3.16. The lowest BCUT2D eigenvalue weighted by Gasteiger charge is -2.11. The minimum atomic E-state index is -0.401. The molecule has 0 atom stereocenters. The molecule has 3 rings (SSSR count). The van der Waals surface area contributed by atoms with Crippen LogP contribution >= 0.6 is 0 Å². The van der Waals surface area contributed by atoms with Crippen molar-refractivity contribution in [3.63, 3.8) is 0 Å². The van der Waals surface area contributed by atoms with Gasteiger partial charge in [0.1, 0.15) is 23.7 Å². The molecule has 2 aromatic rings. The second kappa shape index (κ2) is 6.05. The maximum Gasteiger partial charge on any atom is 0.341 e. The van der Waals surface area contributed by atoms with Crippen molar-refractivity contribution in [3.8, 4) is 5.75 Å². The molecule has 2 heterocycles. The molecule has 0 unspecified atom stereocenters. The number of hydrogen-bond donors (Lipinski definition) is 1. The largest absolute Gasteiger partial charge is 0.486 e. The number of nitrogens with zero attached hydrogens (tertiary/aromatic N) is 1. The van der Waals surface area contributed by atoms with E-state index in [1.54, 1.807) is 12.1 Å². The zero-order valence-corrected chi connectivity index (χ0v) is 12.7. The Labute approximate surface area is 129 Å². The van der Waals surface area contributed by atoms with E-state index in [-0.39, 0.29) is 0 Å². The van der Waals surface area contributed by atoms with Crippen LogP contribution in [0.4, 0.5) is 5.82 Å². The van der Waals surface area contributed by atoms with Crippen molar-refractivity contribution in [3.05, 3.63) is 52.7 Å². The van der Waals surface area contributed by atoms with E-state index in [0.29, 0.717) is 17.9 Å². The smallest absolute Gasteiger partial charge is 0.341 e. The average molecular weight is 298 g/mol. The predicted octanol–water partition coefficient (Wildman–Crippen LogP) is 2.72. The fourth-order valence-electron chi connectivity index (χ4n) is 2.47. The van der Waals surface area contributed by atoms with Gasteiger partial charge in [0, 0.05) is 6.54 Å². The Balaban J connectivity index is 1.77. The lowest BCUT2D eigenvalue weighted by atomic mass is 10.1. The zero-order valence-electron chi connectivity index (χ0n) is 12.7. The van der Waals surface area contributed by atoms with Gasteiger partial charge in [0.05, 0.1) is 12.8 Å². The Morgan fingerprint density at radius 3 is 3.00 bits per heavy atom. The Morgan fingerprint density at radius 1 is 1.32 bits per heavy atom. The molecular weight excluding hydrogens is 280 g/mol. The van der Waals surface area contributed by atoms with Crippen molar-refractivity contribution in [1.29, 1.82) is 0 Å². The molecule has 22 heavy (non-hydrogen) atoms. The van der Waals surface area contributed by atoms with Crippen molar-refractivity contribution in [2.24, 2.45) is 0 Å². The normalized spacial score (nSPS) is 12.5. The second-order valence-corrected chi connectivity index (χ2v) is 5.27. The molecule has 0 amide bonds. The summed E-state index contributed by atoms with van der Waals surface area (Å²) in [5, 5.41) is 3.24. The standard InChI is InChI=1S/C17H18N2O3/c1-11-3-6-15(14(9-11)17(20)21-2)22-10-13-5-4-12-7-8-18-16(12)19-13/h3-6,9H,7-8,10H2,1-2H3,(H,18,19). The number of rotatable bonds is 4. The number of carbonyl (C=O) groups is 1. The van der Waals surface area contributed by atoms with E-state index in [1.807, 2.05) is 19.1 Å². The number of pyridine rings is 1. The van der Waals surface area contributed by atoms with Gasteiger partial charge in [-0.1, -0.05) is 17.7 Å². The summed E-state index contributed by atoms with van der Waals surface area (Å²) in [5.41, 5.74) is 3.47. The molecule has 0 aliphatic carbocycles. The van der Waals surface area contributed by atoms with Gasteiger partial charge in [-0.2, -0.15) is 0 Å². The van der Waals surface area contributed by atoms with Crippen LogP contribution in [0.1, 0.15) is 27.2 Å². The number of nitrogens with one attached hydrogen (secondary N) is 1. The van der Waals surface area contributed by atoms with Gasteiger partial charge in [0.2, 0.25) is 0 Å². The Hall–Kier alpha value is -2.56. The SMILES string of the molecule is COC(=O)c1cc(C)ccc1OCc1ccc2c(n1)NCC2. The van der Waals surface area contributed by atoms with Crippen LogP contribution in [0.2, 0.25) is 0 Å². The highest BCUT2D eigenvalue weighted by molar-refractivity contribution is 5.92. The molecule has 0 fully saturated rings. The fourth-order valence-corrected chi connectivity index (χ4v) is 2.47. The van der Waals surface area contributed by atoms with Gasteiger partial charge in [-0.3, -0.25) is 0 Å². The number of methoxy groups -OCH3 is 1. The monoisotopic (exact) mass is 298 g/mol. The third kappa shape index (κ3) is 2.88. The first-order valence-corrected chi connectivity index (χ1v) is 7.22. The summed E-state index contributed by atoms with van der Waals surface area (Å²) in [6, 6.07) is 9.47. The van der Waals surface area contributed by atoms with Crippen LogP contribution in [0.15, 0.2) is 30.3 Å². The van der Waals surface area contributed by atoms with E-state index < -0.39 is 5.97 Å². The quantitative estimate of drug-likeness (QED) is 0.879. The highest BCUT2D eigenvalue weighted by Gasteiger charge is 2.15. The number of ether oxygens (including phenoxy) is 2. The molecule has 0 bridgehead atoms. The molecule has 0 spiro atoms. The van der Waals surface area contributed by atoms with E-state index in [0.717, 1.165) is 30.0 Å². The Kier molecular flexibility index (Phi) is 3.96. The lowest BCUT2D eigenvalue weighted by Crippen LogP contribution is -2.07. The van der Waals surface area contributed by atoms with Gasteiger partial charge in [0.25, 0.3) is 0 Å². The molecule has 1 aliphatic heterocycles. The number of hydrogen-bond acceptors (Lipinski definition) is 5. The van der Waals surface area contributed by atoms with Gasteiger partial charge in [0.15, 0.2) is 0 Å². The average Bonchev–Trinajstić information content (AvgIpc) is 3.00. The number of anilines is 1. The highest BCUT2D eigenvalue weighted by Crippen LogP contribution is 2.23. The van der Waals surface area contributed by atoms with Crippen LogP contribution in [0.5, 0.6) is 5.75 Å².